The number of nitrogens with zero attached hydrogens (tertiary/aromatic N) is 2. The second-order valence-corrected chi connectivity index (χ2v) is 13.8. The lowest BCUT2D eigenvalue weighted by molar-refractivity contribution is -0.112. The third kappa shape index (κ3) is 5.51. The molecule has 5 nitrogen and oxygen atoms in total. The summed E-state index contributed by atoms with van der Waals surface area (Å²) in [5.74, 6) is 0.0606. The van der Waals surface area contributed by atoms with Crippen LogP contribution in [-0.4, -0.2) is 17.5 Å². The monoisotopic (exact) mass is 615 g/mol. The summed E-state index contributed by atoms with van der Waals surface area (Å²) in [5, 5.41) is 4.81. The van der Waals surface area contributed by atoms with Gasteiger partial charge in [0.25, 0.3) is 11.8 Å². The van der Waals surface area contributed by atoms with Crippen LogP contribution in [0.4, 0.5) is 16.4 Å². The van der Waals surface area contributed by atoms with Crippen molar-refractivity contribution in [3.63, 3.8) is 0 Å². The molecule has 1 aromatic heterocycles. The molecule has 42 heavy (non-hydrogen) atoms. The van der Waals surface area contributed by atoms with E-state index >= 15 is 0 Å². The van der Waals surface area contributed by atoms with Gasteiger partial charge in [0.15, 0.2) is 0 Å². The molecule has 1 atom stereocenters. The number of hydrogen-bond acceptors (Lipinski definition) is 4. The number of benzene rings is 3. The van der Waals surface area contributed by atoms with Crippen molar-refractivity contribution in [3.8, 4) is 0 Å². The van der Waals surface area contributed by atoms with Crippen LogP contribution in [0.15, 0.2) is 77.8 Å². The molecule has 0 saturated carbocycles. The number of carbonyl (C=O) groups excluding carboxylic acids is 2. The smallest absolute Gasteiger partial charge is 0.277 e. The molecule has 3 aromatic carbocycles. The molecule has 8 heteroatoms. The number of hydrogen-bond donors (Lipinski definition) is 1. The molecule has 2 heterocycles. The maximum Gasteiger partial charge on any atom is 0.277 e. The molecule has 0 fully saturated rings. The van der Waals surface area contributed by atoms with Gasteiger partial charge < -0.3 is 10.2 Å². The summed E-state index contributed by atoms with van der Waals surface area (Å²) in [5.41, 5.74) is 5.12. The normalized spacial score (nSPS) is 17.4. The van der Waals surface area contributed by atoms with Crippen molar-refractivity contribution in [2.75, 3.05) is 10.2 Å². The summed E-state index contributed by atoms with van der Waals surface area (Å²) in [6.45, 7) is 7.14. The van der Waals surface area contributed by atoms with Crippen LogP contribution in [0.5, 0.6) is 0 Å². The number of halogens is 2. The second kappa shape index (κ2) is 11.3. The number of rotatable bonds is 5. The minimum Gasteiger partial charge on any atom is -0.322 e. The molecule has 2 aliphatic rings. The summed E-state index contributed by atoms with van der Waals surface area (Å²) >= 11 is 14.1. The number of aliphatic imine (C=N–C) groups is 1. The SMILES string of the molecule is CC(C)(C)[C@@H]1CCc2c(sc(N=C3C(=O)N(Cc4ccccc4Cl)c4ccccc43)c2C(=O)Nc2ccc(Cl)cc2)C1. The Bertz CT molecular complexity index is 1720. The zero-order valence-corrected chi connectivity index (χ0v) is 26.0. The Labute approximate surface area is 260 Å². The number of thiophene rings is 1. The van der Waals surface area contributed by atoms with E-state index in [0.29, 0.717) is 44.5 Å². The molecule has 0 radical (unpaired) electrons. The predicted octanol–water partition coefficient (Wildman–Crippen LogP) is 9.13. The quantitative estimate of drug-likeness (QED) is 0.243. The van der Waals surface area contributed by atoms with Crippen LogP contribution in [-0.2, 0) is 24.2 Å². The number of carbonyl (C=O) groups is 2. The van der Waals surface area contributed by atoms with Crippen LogP contribution in [0, 0.1) is 11.3 Å². The summed E-state index contributed by atoms with van der Waals surface area (Å²) in [6, 6.07) is 22.2. The van der Waals surface area contributed by atoms with E-state index in [4.69, 9.17) is 28.2 Å². The molecule has 4 aromatic rings. The van der Waals surface area contributed by atoms with E-state index in [0.717, 1.165) is 41.6 Å². The van der Waals surface area contributed by atoms with Crippen molar-refractivity contribution in [2.45, 2.75) is 46.6 Å². The van der Waals surface area contributed by atoms with E-state index in [9.17, 15) is 9.59 Å². The van der Waals surface area contributed by atoms with E-state index in [-0.39, 0.29) is 17.2 Å². The Hall–Kier alpha value is -3.45. The van der Waals surface area contributed by atoms with Gasteiger partial charge in [-0.3, -0.25) is 9.59 Å². The van der Waals surface area contributed by atoms with Crippen molar-refractivity contribution in [1.29, 1.82) is 0 Å². The van der Waals surface area contributed by atoms with Crippen LogP contribution >= 0.6 is 34.5 Å². The number of nitrogens with one attached hydrogen (secondary N) is 1. The van der Waals surface area contributed by atoms with Gasteiger partial charge in [0.2, 0.25) is 0 Å². The van der Waals surface area contributed by atoms with Gasteiger partial charge in [0.1, 0.15) is 10.7 Å². The fraction of sp³-hybridized carbons (Fsp3) is 0.265. The highest BCUT2D eigenvalue weighted by Crippen LogP contribution is 2.46. The average Bonchev–Trinajstić information content (AvgIpc) is 3.45. The Morgan fingerprint density at radius 2 is 1.74 bits per heavy atom. The zero-order chi connectivity index (χ0) is 29.6. The molecule has 1 aliphatic carbocycles. The summed E-state index contributed by atoms with van der Waals surface area (Å²) in [6.07, 6.45) is 2.68. The van der Waals surface area contributed by atoms with Crippen LogP contribution in [0.2, 0.25) is 10.0 Å². The molecule has 1 N–H and O–H groups in total. The minimum absolute atomic E-state index is 0.152. The first-order chi connectivity index (χ1) is 20.1. The Kier molecular flexibility index (Phi) is 7.73. The number of amides is 2. The first-order valence-corrected chi connectivity index (χ1v) is 15.6. The van der Waals surface area contributed by atoms with Gasteiger partial charge in [-0.05, 0) is 78.1 Å². The standard InChI is InChI=1S/C34H31Cl2N3O2S/c1-34(2,3)21-12-17-25-28(18-21)42-32(29(25)31(40)37-23-15-13-22(35)14-16-23)38-30-24-9-5-7-11-27(24)39(33(30)41)19-20-8-4-6-10-26(20)36/h4-11,13-16,21H,12,17-19H2,1-3H3,(H,37,40)/t21-/m1/s1. The predicted molar refractivity (Wildman–Crippen MR) is 174 cm³/mol. The van der Waals surface area contributed by atoms with Crippen molar-refractivity contribution < 1.29 is 9.59 Å². The number of para-hydroxylation sites is 1. The fourth-order valence-corrected chi connectivity index (χ4v) is 7.40. The van der Waals surface area contributed by atoms with Gasteiger partial charge in [-0.1, -0.05) is 80.4 Å². The Morgan fingerprint density at radius 3 is 2.48 bits per heavy atom. The van der Waals surface area contributed by atoms with E-state index in [1.165, 1.54) is 16.2 Å². The topological polar surface area (TPSA) is 61.8 Å². The lowest BCUT2D eigenvalue weighted by Crippen LogP contribution is -2.29. The number of anilines is 2. The van der Waals surface area contributed by atoms with Crippen LogP contribution < -0.4 is 10.2 Å². The largest absolute Gasteiger partial charge is 0.322 e. The summed E-state index contributed by atoms with van der Waals surface area (Å²) in [7, 11) is 0. The summed E-state index contributed by atoms with van der Waals surface area (Å²) < 4.78 is 0. The van der Waals surface area contributed by atoms with E-state index in [2.05, 4.69) is 26.1 Å². The molecular formula is C34H31Cl2N3O2S. The van der Waals surface area contributed by atoms with Gasteiger partial charge in [-0.25, -0.2) is 4.99 Å². The van der Waals surface area contributed by atoms with Gasteiger partial charge >= 0.3 is 0 Å². The zero-order valence-electron chi connectivity index (χ0n) is 23.7. The van der Waals surface area contributed by atoms with Crippen molar-refractivity contribution in [1.82, 2.24) is 0 Å². The van der Waals surface area contributed by atoms with Gasteiger partial charge in [-0.15, -0.1) is 11.3 Å². The van der Waals surface area contributed by atoms with Crippen molar-refractivity contribution in [2.24, 2.45) is 16.3 Å². The molecule has 0 unspecified atom stereocenters. The molecular weight excluding hydrogens is 585 g/mol. The van der Waals surface area contributed by atoms with E-state index < -0.39 is 0 Å². The van der Waals surface area contributed by atoms with Crippen molar-refractivity contribution in [3.05, 3.63) is 110 Å². The lowest BCUT2D eigenvalue weighted by Gasteiger charge is -2.33. The highest BCUT2D eigenvalue weighted by atomic mass is 35.5. The van der Waals surface area contributed by atoms with Gasteiger partial charge in [0.05, 0.1) is 17.8 Å². The number of fused-ring (bicyclic) bond motifs is 2. The lowest BCUT2D eigenvalue weighted by atomic mass is 9.72. The fourth-order valence-electron chi connectivity index (χ4n) is 5.78. The molecule has 1 aliphatic heterocycles. The first-order valence-electron chi connectivity index (χ1n) is 14.0. The molecule has 0 bridgehead atoms. The van der Waals surface area contributed by atoms with Crippen LogP contribution in [0.3, 0.4) is 0 Å². The van der Waals surface area contributed by atoms with E-state index in [1.54, 1.807) is 29.2 Å². The summed E-state index contributed by atoms with van der Waals surface area (Å²) in [4.78, 5) is 35.7. The maximum atomic E-state index is 14.0. The van der Waals surface area contributed by atoms with Gasteiger partial charge in [-0.2, -0.15) is 0 Å². The van der Waals surface area contributed by atoms with Gasteiger partial charge in [0, 0.05) is 26.2 Å². The third-order valence-electron chi connectivity index (χ3n) is 8.20. The van der Waals surface area contributed by atoms with E-state index in [1.807, 2.05) is 48.5 Å². The molecule has 0 saturated heterocycles. The minimum atomic E-state index is -0.227. The molecule has 214 valence electrons. The second-order valence-electron chi connectivity index (χ2n) is 11.9. The molecule has 6 rings (SSSR count). The first kappa shape index (κ1) is 28.7. The van der Waals surface area contributed by atoms with Crippen molar-refractivity contribution >= 4 is 68.4 Å². The Balaban J connectivity index is 1.43. The molecule has 0 spiro atoms. The Morgan fingerprint density at radius 1 is 1.02 bits per heavy atom. The average molecular weight is 617 g/mol. The molecule has 2 amide bonds. The highest BCUT2D eigenvalue weighted by molar-refractivity contribution is 7.16. The third-order valence-corrected chi connectivity index (χ3v) is 9.97. The van der Waals surface area contributed by atoms with Crippen LogP contribution in [0.25, 0.3) is 0 Å². The van der Waals surface area contributed by atoms with Crippen LogP contribution in [0.1, 0.15) is 59.1 Å². The highest BCUT2D eigenvalue weighted by Gasteiger charge is 2.37. The maximum absolute atomic E-state index is 14.0.